The number of alkyl halides is 3. The van der Waals surface area contributed by atoms with Crippen molar-refractivity contribution in [3.8, 4) is 5.75 Å². The van der Waals surface area contributed by atoms with E-state index in [0.29, 0.717) is 23.5 Å². The van der Waals surface area contributed by atoms with Crippen LogP contribution in [0.2, 0.25) is 0 Å². The van der Waals surface area contributed by atoms with Gasteiger partial charge in [0.15, 0.2) is 5.78 Å². The molecule has 1 aliphatic rings. The lowest BCUT2D eigenvalue weighted by Gasteiger charge is -2.11. The molecule has 0 amide bonds. The zero-order valence-electron chi connectivity index (χ0n) is 8.71. The molecule has 0 fully saturated rings. The zero-order chi connectivity index (χ0) is 12.5. The molecule has 2 nitrogen and oxygen atoms in total. The van der Waals surface area contributed by atoms with Gasteiger partial charge in [-0.25, -0.2) is 0 Å². The fraction of sp³-hybridized carbons (Fsp3) is 0.364. The molecule has 0 N–H and O–H groups in total. The zero-order valence-corrected chi connectivity index (χ0v) is 9.53. The summed E-state index contributed by atoms with van der Waals surface area (Å²) in [6, 6.07) is 3.94. The normalized spacial score (nSPS) is 16.3. The monoisotopic (exact) mass is 262 g/mol. The molecule has 1 heterocycles. The number of fused-ring (bicyclic) bond motifs is 1. The second-order valence-corrected chi connectivity index (χ2v) is 4.70. The predicted octanol–water partition coefficient (Wildman–Crippen LogP) is 3.40. The Morgan fingerprint density at radius 3 is 2.76 bits per heavy atom. The summed E-state index contributed by atoms with van der Waals surface area (Å²) in [6.45, 7) is 0. The van der Waals surface area contributed by atoms with E-state index in [1.807, 2.05) is 0 Å². The van der Waals surface area contributed by atoms with Gasteiger partial charge in [0.25, 0.3) is 0 Å². The number of carbonyl (C=O) groups excluding carboxylic acids is 1. The maximum absolute atomic E-state index is 12.0. The summed E-state index contributed by atoms with van der Waals surface area (Å²) in [5.41, 5.74) is 1.11. The van der Waals surface area contributed by atoms with E-state index in [-0.39, 0.29) is 11.5 Å². The van der Waals surface area contributed by atoms with Crippen LogP contribution in [-0.4, -0.2) is 17.9 Å². The molecule has 17 heavy (non-hydrogen) atoms. The Labute approximate surface area is 100 Å². The number of rotatable bonds is 1. The van der Waals surface area contributed by atoms with Gasteiger partial charge in [0.1, 0.15) is 5.75 Å². The van der Waals surface area contributed by atoms with Crippen LogP contribution in [0.25, 0.3) is 0 Å². The standard InChI is InChI=1S/C11H9F3O2S/c12-11(13,14)16-8-2-1-7-6-17-4-3-10(15)9(7)5-8/h1-2,5H,3-4,6H2. The highest BCUT2D eigenvalue weighted by molar-refractivity contribution is 7.98. The van der Waals surface area contributed by atoms with E-state index in [4.69, 9.17) is 0 Å². The average molecular weight is 262 g/mol. The minimum Gasteiger partial charge on any atom is -0.406 e. The molecule has 0 aromatic heterocycles. The van der Waals surface area contributed by atoms with Gasteiger partial charge in [0, 0.05) is 23.5 Å². The lowest BCUT2D eigenvalue weighted by atomic mass is 10.0. The second kappa shape index (κ2) is 4.60. The molecule has 0 bridgehead atoms. The van der Waals surface area contributed by atoms with Crippen LogP contribution in [-0.2, 0) is 5.75 Å². The van der Waals surface area contributed by atoms with Crippen molar-refractivity contribution in [3.05, 3.63) is 29.3 Å². The molecule has 0 radical (unpaired) electrons. The van der Waals surface area contributed by atoms with Gasteiger partial charge in [-0.1, -0.05) is 6.07 Å². The van der Waals surface area contributed by atoms with Gasteiger partial charge < -0.3 is 4.74 Å². The Hall–Kier alpha value is -1.17. The molecular weight excluding hydrogens is 253 g/mol. The molecule has 0 unspecified atom stereocenters. The first kappa shape index (κ1) is 12.3. The fourth-order valence-corrected chi connectivity index (χ4v) is 2.57. The molecule has 1 aromatic rings. The summed E-state index contributed by atoms with van der Waals surface area (Å²) in [5.74, 6) is 0.880. The van der Waals surface area contributed by atoms with E-state index >= 15 is 0 Å². The number of thioether (sulfide) groups is 1. The number of carbonyl (C=O) groups is 1. The molecule has 0 aliphatic carbocycles. The first-order chi connectivity index (χ1) is 7.96. The Bertz CT molecular complexity index is 443. The van der Waals surface area contributed by atoms with E-state index in [2.05, 4.69) is 4.74 Å². The number of hydrogen-bond donors (Lipinski definition) is 0. The quantitative estimate of drug-likeness (QED) is 0.775. The van der Waals surface area contributed by atoms with Crippen molar-refractivity contribution >= 4 is 17.5 Å². The molecule has 0 atom stereocenters. The molecule has 6 heteroatoms. The topological polar surface area (TPSA) is 26.3 Å². The average Bonchev–Trinajstić information content (AvgIpc) is 2.39. The van der Waals surface area contributed by atoms with Gasteiger partial charge in [-0.3, -0.25) is 4.79 Å². The molecule has 2 rings (SSSR count). The van der Waals surface area contributed by atoms with Gasteiger partial charge >= 0.3 is 6.36 Å². The number of halogens is 3. The highest BCUT2D eigenvalue weighted by atomic mass is 32.2. The Kier molecular flexibility index (Phi) is 3.33. The van der Waals surface area contributed by atoms with Crippen LogP contribution in [0.4, 0.5) is 13.2 Å². The Balaban J connectivity index is 2.32. The lowest BCUT2D eigenvalue weighted by Crippen LogP contribution is -2.17. The van der Waals surface area contributed by atoms with E-state index in [0.717, 1.165) is 5.56 Å². The molecule has 1 aromatic carbocycles. The van der Waals surface area contributed by atoms with Crippen molar-refractivity contribution < 1.29 is 22.7 Å². The minimum absolute atomic E-state index is 0.127. The smallest absolute Gasteiger partial charge is 0.406 e. The molecule has 1 aliphatic heterocycles. The van der Waals surface area contributed by atoms with Crippen LogP contribution in [0.5, 0.6) is 5.75 Å². The summed E-state index contributed by atoms with van der Waals surface area (Å²) in [7, 11) is 0. The third kappa shape index (κ3) is 3.15. The van der Waals surface area contributed by atoms with Crippen molar-refractivity contribution in [3.63, 3.8) is 0 Å². The molecule has 0 saturated heterocycles. The highest BCUT2D eigenvalue weighted by Crippen LogP contribution is 2.29. The number of ketones is 1. The Morgan fingerprint density at radius 2 is 2.06 bits per heavy atom. The molecular formula is C11H9F3O2S. The van der Waals surface area contributed by atoms with Crippen LogP contribution in [0, 0.1) is 0 Å². The SMILES string of the molecule is O=C1CCSCc2ccc(OC(F)(F)F)cc21. The molecule has 0 spiro atoms. The van der Waals surface area contributed by atoms with E-state index in [1.165, 1.54) is 18.2 Å². The molecule has 0 saturated carbocycles. The summed E-state index contributed by atoms with van der Waals surface area (Å²) in [6.07, 6.45) is -4.37. The van der Waals surface area contributed by atoms with Crippen molar-refractivity contribution in [1.29, 1.82) is 0 Å². The Morgan fingerprint density at radius 1 is 1.29 bits per heavy atom. The second-order valence-electron chi connectivity index (χ2n) is 3.59. The van der Waals surface area contributed by atoms with Crippen molar-refractivity contribution in [2.75, 3.05) is 5.75 Å². The van der Waals surface area contributed by atoms with Gasteiger partial charge in [-0.2, -0.15) is 11.8 Å². The van der Waals surface area contributed by atoms with Gasteiger partial charge in [0.05, 0.1) is 0 Å². The van der Waals surface area contributed by atoms with E-state index in [9.17, 15) is 18.0 Å². The van der Waals surface area contributed by atoms with Gasteiger partial charge in [0.2, 0.25) is 0 Å². The lowest BCUT2D eigenvalue weighted by molar-refractivity contribution is -0.274. The largest absolute Gasteiger partial charge is 0.573 e. The van der Waals surface area contributed by atoms with Gasteiger partial charge in [-0.15, -0.1) is 13.2 Å². The number of benzene rings is 1. The van der Waals surface area contributed by atoms with Crippen LogP contribution in [0.1, 0.15) is 22.3 Å². The maximum Gasteiger partial charge on any atom is 0.573 e. The number of Topliss-reactive ketones (excluding diaryl/α,β-unsaturated/α-hetero) is 1. The first-order valence-corrected chi connectivity index (χ1v) is 6.11. The van der Waals surface area contributed by atoms with Crippen molar-refractivity contribution in [1.82, 2.24) is 0 Å². The van der Waals surface area contributed by atoms with E-state index in [1.54, 1.807) is 11.8 Å². The third-order valence-electron chi connectivity index (χ3n) is 2.35. The summed E-state index contributed by atoms with van der Waals surface area (Å²) in [5, 5.41) is 0. The fourth-order valence-electron chi connectivity index (χ4n) is 1.62. The van der Waals surface area contributed by atoms with Crippen LogP contribution in [0.15, 0.2) is 18.2 Å². The van der Waals surface area contributed by atoms with Gasteiger partial charge in [-0.05, 0) is 17.7 Å². The van der Waals surface area contributed by atoms with Crippen LogP contribution >= 0.6 is 11.8 Å². The summed E-state index contributed by atoms with van der Waals surface area (Å²) >= 11 is 1.60. The van der Waals surface area contributed by atoms with E-state index < -0.39 is 6.36 Å². The predicted molar refractivity (Wildman–Crippen MR) is 58.2 cm³/mol. The van der Waals surface area contributed by atoms with Crippen molar-refractivity contribution in [2.24, 2.45) is 0 Å². The number of ether oxygens (including phenoxy) is 1. The van der Waals surface area contributed by atoms with Crippen molar-refractivity contribution in [2.45, 2.75) is 18.5 Å². The third-order valence-corrected chi connectivity index (χ3v) is 3.35. The number of hydrogen-bond acceptors (Lipinski definition) is 3. The molecule has 92 valence electrons. The van der Waals surface area contributed by atoms with Crippen LogP contribution in [0.3, 0.4) is 0 Å². The summed E-state index contributed by atoms with van der Waals surface area (Å²) in [4.78, 5) is 11.7. The highest BCUT2D eigenvalue weighted by Gasteiger charge is 2.31. The maximum atomic E-state index is 12.0. The first-order valence-electron chi connectivity index (χ1n) is 4.95. The van der Waals surface area contributed by atoms with Crippen LogP contribution < -0.4 is 4.74 Å². The minimum atomic E-state index is -4.73. The summed E-state index contributed by atoms with van der Waals surface area (Å²) < 4.78 is 39.9.